The first-order chi connectivity index (χ1) is 8.32. The Labute approximate surface area is 110 Å². The van der Waals surface area contributed by atoms with E-state index in [-0.39, 0.29) is 6.10 Å². The number of hydrogen-bond acceptors (Lipinski definition) is 4. The fraction of sp³-hybridized carbons (Fsp3) is 0.929. The quantitative estimate of drug-likeness (QED) is 0.752. The fourth-order valence-corrected chi connectivity index (χ4v) is 2.67. The molecule has 1 aliphatic rings. The van der Waals surface area contributed by atoms with Gasteiger partial charge in [0, 0.05) is 0 Å². The van der Waals surface area contributed by atoms with Crippen LogP contribution in [0, 0.1) is 17.8 Å². The van der Waals surface area contributed by atoms with Gasteiger partial charge in [-0.15, -0.1) is 0 Å². The van der Waals surface area contributed by atoms with Crippen LogP contribution in [0.1, 0.15) is 47.0 Å². The second-order valence-corrected chi connectivity index (χ2v) is 6.07. The lowest BCUT2D eigenvalue weighted by Crippen LogP contribution is -2.45. The van der Waals surface area contributed by atoms with Crippen LogP contribution in [0.5, 0.6) is 0 Å². The maximum Gasteiger partial charge on any atom is 0.325 e. The number of aliphatic hydroxyl groups is 1. The molecular weight excluding hydrogens is 230 g/mol. The van der Waals surface area contributed by atoms with Crippen molar-refractivity contribution in [2.75, 3.05) is 0 Å². The van der Waals surface area contributed by atoms with Crippen LogP contribution in [0.3, 0.4) is 0 Å². The van der Waals surface area contributed by atoms with E-state index in [4.69, 9.17) is 10.5 Å². The number of carbonyl (C=O) groups is 1. The average Bonchev–Trinajstić information content (AvgIpc) is 2.27. The number of rotatable bonds is 4. The largest absolute Gasteiger partial charge is 0.461 e. The zero-order valence-corrected chi connectivity index (χ0v) is 11.9. The van der Waals surface area contributed by atoms with E-state index in [9.17, 15) is 9.90 Å². The Morgan fingerprint density at radius 2 is 1.94 bits per heavy atom. The zero-order chi connectivity index (χ0) is 13.9. The molecular formula is C14H27NO3. The summed E-state index contributed by atoms with van der Waals surface area (Å²) < 4.78 is 5.53. The molecule has 1 rings (SSSR count). The molecule has 3 N–H and O–H groups in total. The molecule has 4 nitrogen and oxygen atoms in total. The van der Waals surface area contributed by atoms with Crippen LogP contribution in [0.2, 0.25) is 0 Å². The number of nitrogens with two attached hydrogens (primary N) is 1. The minimum absolute atomic E-state index is 0.0500. The van der Waals surface area contributed by atoms with Gasteiger partial charge in [0.15, 0.2) is 0 Å². The first kappa shape index (κ1) is 15.4. The van der Waals surface area contributed by atoms with Crippen LogP contribution in [-0.4, -0.2) is 29.3 Å². The molecule has 0 saturated heterocycles. The van der Waals surface area contributed by atoms with Gasteiger partial charge in [0.25, 0.3) is 0 Å². The van der Waals surface area contributed by atoms with Gasteiger partial charge < -0.3 is 15.6 Å². The van der Waals surface area contributed by atoms with Crippen LogP contribution >= 0.6 is 0 Å². The van der Waals surface area contributed by atoms with Crippen molar-refractivity contribution in [2.45, 2.75) is 65.2 Å². The Kier molecular flexibility index (Phi) is 5.60. The van der Waals surface area contributed by atoms with Crippen LogP contribution in [0.15, 0.2) is 0 Å². The SMILES string of the molecule is CC1CCC(C(C)C)C(OC(=O)C(N)C(C)O)C1. The molecule has 1 aliphatic carbocycles. The lowest BCUT2D eigenvalue weighted by Gasteiger charge is -2.37. The highest BCUT2D eigenvalue weighted by Crippen LogP contribution is 2.35. The first-order valence-electron chi connectivity index (χ1n) is 6.97. The monoisotopic (exact) mass is 257 g/mol. The van der Waals surface area contributed by atoms with Crippen molar-refractivity contribution < 1.29 is 14.6 Å². The first-order valence-corrected chi connectivity index (χ1v) is 6.97. The van der Waals surface area contributed by atoms with Gasteiger partial charge in [-0.25, -0.2) is 0 Å². The highest BCUT2D eigenvalue weighted by molar-refractivity contribution is 5.76. The maximum absolute atomic E-state index is 11.8. The third kappa shape index (κ3) is 3.95. The number of aliphatic hydroxyl groups excluding tert-OH is 1. The average molecular weight is 257 g/mol. The number of carbonyl (C=O) groups excluding carboxylic acids is 1. The van der Waals surface area contributed by atoms with E-state index in [2.05, 4.69) is 20.8 Å². The van der Waals surface area contributed by atoms with Crippen molar-refractivity contribution in [3.63, 3.8) is 0 Å². The number of ether oxygens (including phenoxy) is 1. The molecule has 0 heterocycles. The zero-order valence-electron chi connectivity index (χ0n) is 11.9. The summed E-state index contributed by atoms with van der Waals surface area (Å²) in [6.07, 6.45) is 2.28. The van der Waals surface area contributed by atoms with E-state index in [1.807, 2.05) is 0 Å². The molecule has 0 aromatic carbocycles. The van der Waals surface area contributed by atoms with Gasteiger partial charge in [0.05, 0.1) is 6.10 Å². The normalized spacial score (nSPS) is 32.1. The molecule has 1 fully saturated rings. The second kappa shape index (κ2) is 6.53. The van der Waals surface area contributed by atoms with E-state index < -0.39 is 18.1 Å². The summed E-state index contributed by atoms with van der Waals surface area (Å²) in [5.74, 6) is 1.01. The summed E-state index contributed by atoms with van der Waals surface area (Å²) in [5.41, 5.74) is 5.61. The Morgan fingerprint density at radius 1 is 1.33 bits per heavy atom. The van der Waals surface area contributed by atoms with Gasteiger partial charge >= 0.3 is 5.97 Å². The minimum atomic E-state index is -0.935. The van der Waals surface area contributed by atoms with Gasteiger partial charge in [0.1, 0.15) is 12.1 Å². The molecule has 0 aromatic rings. The Balaban J connectivity index is 2.63. The molecule has 0 amide bonds. The predicted octanol–water partition coefficient (Wildman–Crippen LogP) is 1.70. The van der Waals surface area contributed by atoms with Gasteiger partial charge in [0.2, 0.25) is 0 Å². The van der Waals surface area contributed by atoms with Crippen LogP contribution in [-0.2, 0) is 9.53 Å². The smallest absolute Gasteiger partial charge is 0.325 e. The minimum Gasteiger partial charge on any atom is -0.461 e. The van der Waals surface area contributed by atoms with E-state index in [0.29, 0.717) is 17.8 Å². The predicted molar refractivity (Wildman–Crippen MR) is 70.9 cm³/mol. The summed E-state index contributed by atoms with van der Waals surface area (Å²) in [5, 5.41) is 9.32. The lowest BCUT2D eigenvalue weighted by molar-refractivity contribution is -0.159. The van der Waals surface area contributed by atoms with Gasteiger partial charge in [-0.05, 0) is 37.5 Å². The lowest BCUT2D eigenvalue weighted by atomic mass is 9.75. The summed E-state index contributed by atoms with van der Waals surface area (Å²) in [6, 6.07) is -0.935. The summed E-state index contributed by atoms with van der Waals surface area (Å²) in [4.78, 5) is 11.8. The Morgan fingerprint density at radius 3 is 2.44 bits per heavy atom. The Bertz CT molecular complexity index is 278. The highest BCUT2D eigenvalue weighted by Gasteiger charge is 2.34. The Hall–Kier alpha value is -0.610. The number of esters is 1. The standard InChI is InChI=1S/C14H27NO3/c1-8(2)11-6-5-9(3)7-12(11)18-14(17)13(15)10(4)16/h8-13,16H,5-7,15H2,1-4H3. The summed E-state index contributed by atoms with van der Waals surface area (Å²) in [7, 11) is 0. The van der Waals surface area contributed by atoms with E-state index in [1.165, 1.54) is 13.3 Å². The van der Waals surface area contributed by atoms with Gasteiger partial charge in [-0.2, -0.15) is 0 Å². The molecule has 18 heavy (non-hydrogen) atoms. The fourth-order valence-electron chi connectivity index (χ4n) is 2.67. The molecule has 0 aliphatic heterocycles. The molecule has 5 unspecified atom stereocenters. The van der Waals surface area contributed by atoms with Crippen LogP contribution in [0.4, 0.5) is 0 Å². The van der Waals surface area contributed by atoms with Gasteiger partial charge in [-0.1, -0.05) is 27.2 Å². The summed E-state index contributed by atoms with van der Waals surface area (Å²) >= 11 is 0. The molecule has 0 aromatic heterocycles. The van der Waals surface area contributed by atoms with Crippen molar-refractivity contribution in [2.24, 2.45) is 23.5 Å². The van der Waals surface area contributed by atoms with Crippen LogP contribution < -0.4 is 5.73 Å². The van der Waals surface area contributed by atoms with Crippen molar-refractivity contribution in [3.8, 4) is 0 Å². The van der Waals surface area contributed by atoms with Gasteiger partial charge in [-0.3, -0.25) is 4.79 Å². The third-order valence-corrected chi connectivity index (χ3v) is 4.02. The second-order valence-electron chi connectivity index (χ2n) is 6.07. The third-order valence-electron chi connectivity index (χ3n) is 4.02. The van der Waals surface area contributed by atoms with Crippen molar-refractivity contribution >= 4 is 5.97 Å². The topological polar surface area (TPSA) is 72.5 Å². The van der Waals surface area contributed by atoms with Crippen molar-refractivity contribution in [1.82, 2.24) is 0 Å². The molecule has 0 bridgehead atoms. The number of hydrogen-bond donors (Lipinski definition) is 2. The molecule has 0 radical (unpaired) electrons. The molecule has 106 valence electrons. The molecule has 1 saturated carbocycles. The molecule has 5 atom stereocenters. The van der Waals surface area contributed by atoms with E-state index >= 15 is 0 Å². The maximum atomic E-state index is 11.8. The van der Waals surface area contributed by atoms with Crippen molar-refractivity contribution in [3.05, 3.63) is 0 Å². The van der Waals surface area contributed by atoms with Crippen LogP contribution in [0.25, 0.3) is 0 Å². The van der Waals surface area contributed by atoms with E-state index in [1.54, 1.807) is 0 Å². The van der Waals surface area contributed by atoms with Crippen molar-refractivity contribution in [1.29, 1.82) is 0 Å². The summed E-state index contributed by atoms with van der Waals surface area (Å²) in [6.45, 7) is 8.02. The highest BCUT2D eigenvalue weighted by atomic mass is 16.5. The molecule has 0 spiro atoms. The van der Waals surface area contributed by atoms with E-state index in [0.717, 1.165) is 12.8 Å². The molecule has 4 heteroatoms.